The van der Waals surface area contributed by atoms with Crippen molar-refractivity contribution in [3.05, 3.63) is 54.6 Å². The van der Waals surface area contributed by atoms with Crippen molar-refractivity contribution in [1.29, 1.82) is 0 Å². The second kappa shape index (κ2) is 3.45. The number of halogens is 1. The van der Waals surface area contributed by atoms with Crippen molar-refractivity contribution in [2.45, 2.75) is 0 Å². The van der Waals surface area contributed by atoms with Crippen molar-refractivity contribution in [3.63, 3.8) is 0 Å². The number of nitrogens with one attached hydrogen (secondary N) is 1. The van der Waals surface area contributed by atoms with Gasteiger partial charge in [-0.3, -0.25) is 0 Å². The van der Waals surface area contributed by atoms with Gasteiger partial charge < -0.3 is 4.98 Å². The summed E-state index contributed by atoms with van der Waals surface area (Å²) in [7, 11) is 0. The van der Waals surface area contributed by atoms with Crippen molar-refractivity contribution in [1.82, 2.24) is 9.97 Å². The number of hydrogen-bond donors (Lipinski definition) is 1. The van der Waals surface area contributed by atoms with Gasteiger partial charge in [0, 0.05) is 5.56 Å². The van der Waals surface area contributed by atoms with Crippen LogP contribution in [0.4, 0.5) is 4.39 Å². The molecule has 0 aliphatic rings. The molecule has 2 nitrogen and oxygen atoms in total. The van der Waals surface area contributed by atoms with Gasteiger partial charge in [-0.05, 0) is 23.8 Å². The molecule has 0 aliphatic heterocycles. The lowest BCUT2D eigenvalue weighted by Crippen LogP contribution is -1.82. The first-order chi connectivity index (χ1) is 7.84. The third kappa shape index (κ3) is 1.37. The van der Waals surface area contributed by atoms with E-state index in [0.29, 0.717) is 0 Å². The summed E-state index contributed by atoms with van der Waals surface area (Å²) in [5.74, 6) is -0.231. The van der Waals surface area contributed by atoms with Crippen LogP contribution in [0.15, 0.2) is 48.8 Å². The third-order valence-corrected chi connectivity index (χ3v) is 2.59. The van der Waals surface area contributed by atoms with Crippen molar-refractivity contribution in [2.75, 3.05) is 0 Å². The first-order valence-corrected chi connectivity index (χ1v) is 5.02. The normalized spacial score (nSPS) is 10.8. The van der Waals surface area contributed by atoms with Crippen LogP contribution in [0.2, 0.25) is 0 Å². The van der Waals surface area contributed by atoms with E-state index in [-0.39, 0.29) is 5.82 Å². The zero-order valence-electron chi connectivity index (χ0n) is 8.44. The van der Waals surface area contributed by atoms with E-state index in [1.165, 1.54) is 12.1 Å². The first-order valence-electron chi connectivity index (χ1n) is 5.02. The topological polar surface area (TPSA) is 28.7 Å². The Morgan fingerprint density at radius 1 is 1.06 bits per heavy atom. The molecule has 0 fully saturated rings. The standard InChI is InChI=1S/C13H9FN2/c14-10-4-1-3-9(7-10)11-5-2-6-12-13(11)16-8-15-12/h1-8H,(H,15,16). The summed E-state index contributed by atoms with van der Waals surface area (Å²) in [4.78, 5) is 7.29. The molecule has 2 aromatic carbocycles. The van der Waals surface area contributed by atoms with E-state index in [4.69, 9.17) is 0 Å². The highest BCUT2D eigenvalue weighted by molar-refractivity contribution is 5.91. The minimum Gasteiger partial charge on any atom is -0.345 e. The van der Waals surface area contributed by atoms with Gasteiger partial charge in [0.05, 0.1) is 17.4 Å². The minimum atomic E-state index is -0.231. The zero-order valence-corrected chi connectivity index (χ0v) is 8.44. The van der Waals surface area contributed by atoms with Gasteiger partial charge in [-0.1, -0.05) is 24.3 Å². The summed E-state index contributed by atoms with van der Waals surface area (Å²) in [6.07, 6.45) is 1.65. The Balaban J connectivity index is 2.29. The van der Waals surface area contributed by atoms with Crippen LogP contribution in [0, 0.1) is 5.82 Å². The fourth-order valence-electron chi connectivity index (χ4n) is 1.85. The van der Waals surface area contributed by atoms with Crippen LogP contribution < -0.4 is 0 Å². The number of rotatable bonds is 1. The third-order valence-electron chi connectivity index (χ3n) is 2.59. The largest absolute Gasteiger partial charge is 0.345 e. The highest BCUT2D eigenvalue weighted by atomic mass is 19.1. The van der Waals surface area contributed by atoms with Crippen LogP contribution in [-0.2, 0) is 0 Å². The number of fused-ring (bicyclic) bond motifs is 1. The molecule has 0 amide bonds. The maximum Gasteiger partial charge on any atom is 0.123 e. The molecule has 1 N–H and O–H groups in total. The lowest BCUT2D eigenvalue weighted by Gasteiger charge is -2.02. The Morgan fingerprint density at radius 2 is 1.94 bits per heavy atom. The van der Waals surface area contributed by atoms with Gasteiger partial charge in [0.1, 0.15) is 5.82 Å². The fourth-order valence-corrected chi connectivity index (χ4v) is 1.85. The Labute approximate surface area is 91.8 Å². The van der Waals surface area contributed by atoms with E-state index in [0.717, 1.165) is 22.2 Å². The smallest absolute Gasteiger partial charge is 0.123 e. The van der Waals surface area contributed by atoms with Crippen LogP contribution in [0.1, 0.15) is 0 Å². The van der Waals surface area contributed by atoms with Crippen LogP contribution >= 0.6 is 0 Å². The summed E-state index contributed by atoms with van der Waals surface area (Å²) in [5, 5.41) is 0. The predicted molar refractivity (Wildman–Crippen MR) is 61.5 cm³/mol. The van der Waals surface area contributed by atoms with Crippen molar-refractivity contribution >= 4 is 11.0 Å². The molecule has 3 heteroatoms. The fraction of sp³-hybridized carbons (Fsp3) is 0. The highest BCUT2D eigenvalue weighted by Gasteiger charge is 2.05. The highest BCUT2D eigenvalue weighted by Crippen LogP contribution is 2.26. The van der Waals surface area contributed by atoms with E-state index in [9.17, 15) is 4.39 Å². The Bertz CT molecular complexity index is 643. The second-order valence-electron chi connectivity index (χ2n) is 3.61. The minimum absolute atomic E-state index is 0.231. The number of imidazole rings is 1. The lowest BCUT2D eigenvalue weighted by atomic mass is 10.0. The molecular formula is C13H9FN2. The first kappa shape index (κ1) is 9.09. The van der Waals surface area contributed by atoms with Gasteiger partial charge in [-0.15, -0.1) is 0 Å². The zero-order chi connectivity index (χ0) is 11.0. The van der Waals surface area contributed by atoms with Gasteiger partial charge in [-0.2, -0.15) is 0 Å². The molecule has 3 aromatic rings. The molecule has 1 aromatic heterocycles. The predicted octanol–water partition coefficient (Wildman–Crippen LogP) is 3.37. The molecule has 0 saturated carbocycles. The summed E-state index contributed by atoms with van der Waals surface area (Å²) >= 11 is 0. The molecule has 0 aliphatic carbocycles. The molecule has 1 heterocycles. The number of nitrogens with zero attached hydrogens (tertiary/aromatic N) is 1. The van der Waals surface area contributed by atoms with Crippen molar-refractivity contribution in [2.24, 2.45) is 0 Å². The molecule has 0 saturated heterocycles. The Kier molecular flexibility index (Phi) is 1.96. The average molecular weight is 212 g/mol. The molecular weight excluding hydrogens is 203 g/mol. The molecule has 0 bridgehead atoms. The summed E-state index contributed by atoms with van der Waals surface area (Å²) in [5.41, 5.74) is 3.62. The van der Waals surface area contributed by atoms with Crippen LogP contribution in [-0.4, -0.2) is 9.97 Å². The lowest BCUT2D eigenvalue weighted by molar-refractivity contribution is 0.628. The Hall–Kier alpha value is -2.16. The number of aromatic nitrogens is 2. The van der Waals surface area contributed by atoms with E-state index >= 15 is 0 Å². The van der Waals surface area contributed by atoms with Gasteiger partial charge in [0.2, 0.25) is 0 Å². The van der Waals surface area contributed by atoms with Crippen LogP contribution in [0.3, 0.4) is 0 Å². The van der Waals surface area contributed by atoms with E-state index < -0.39 is 0 Å². The van der Waals surface area contributed by atoms with E-state index in [2.05, 4.69) is 9.97 Å². The molecule has 16 heavy (non-hydrogen) atoms. The Morgan fingerprint density at radius 3 is 2.81 bits per heavy atom. The van der Waals surface area contributed by atoms with Crippen LogP contribution in [0.5, 0.6) is 0 Å². The van der Waals surface area contributed by atoms with Crippen molar-refractivity contribution in [3.8, 4) is 11.1 Å². The second-order valence-corrected chi connectivity index (χ2v) is 3.61. The van der Waals surface area contributed by atoms with Gasteiger partial charge >= 0.3 is 0 Å². The number of hydrogen-bond acceptors (Lipinski definition) is 1. The summed E-state index contributed by atoms with van der Waals surface area (Å²) in [6, 6.07) is 12.4. The van der Waals surface area contributed by atoms with Crippen molar-refractivity contribution < 1.29 is 4.39 Å². The maximum atomic E-state index is 13.2. The summed E-state index contributed by atoms with van der Waals surface area (Å²) in [6.45, 7) is 0. The molecule has 0 radical (unpaired) electrons. The maximum absolute atomic E-state index is 13.2. The monoisotopic (exact) mass is 212 g/mol. The average Bonchev–Trinajstić information content (AvgIpc) is 2.76. The number of para-hydroxylation sites is 1. The molecule has 78 valence electrons. The molecule has 0 atom stereocenters. The SMILES string of the molecule is Fc1cccc(-c2cccc3[nH]cnc23)c1. The number of H-pyrrole nitrogens is 1. The van der Waals surface area contributed by atoms with E-state index in [1.807, 2.05) is 24.3 Å². The number of benzene rings is 2. The van der Waals surface area contributed by atoms with Gasteiger partial charge in [0.15, 0.2) is 0 Å². The number of aromatic amines is 1. The van der Waals surface area contributed by atoms with Gasteiger partial charge in [0.25, 0.3) is 0 Å². The van der Waals surface area contributed by atoms with Gasteiger partial charge in [-0.25, -0.2) is 9.37 Å². The quantitative estimate of drug-likeness (QED) is 0.658. The summed E-state index contributed by atoms with van der Waals surface area (Å²) < 4.78 is 13.2. The molecule has 3 rings (SSSR count). The van der Waals surface area contributed by atoms with Crippen LogP contribution in [0.25, 0.3) is 22.2 Å². The van der Waals surface area contributed by atoms with E-state index in [1.54, 1.807) is 12.4 Å². The molecule has 0 spiro atoms. The molecule has 0 unspecified atom stereocenters.